The van der Waals surface area contributed by atoms with Crippen molar-refractivity contribution in [3.8, 4) is 5.75 Å². The third kappa shape index (κ3) is 4.36. The van der Waals surface area contributed by atoms with E-state index < -0.39 is 11.3 Å². The van der Waals surface area contributed by atoms with E-state index in [2.05, 4.69) is 10.6 Å². The normalized spacial score (nSPS) is 11.6. The van der Waals surface area contributed by atoms with Crippen LogP contribution in [0.3, 0.4) is 0 Å². The lowest BCUT2D eigenvalue weighted by molar-refractivity contribution is -0.119. The van der Waals surface area contributed by atoms with Crippen LogP contribution in [0.15, 0.2) is 29.2 Å². The minimum atomic E-state index is -0.520. The molecule has 1 atom stereocenters. The zero-order chi connectivity index (χ0) is 12.8. The Morgan fingerprint density at radius 1 is 1.29 bits per heavy atom. The van der Waals surface area contributed by atoms with Gasteiger partial charge in [-0.3, -0.25) is 10.1 Å². The number of hydrogen-bond donors (Lipinski definition) is 3. The molecule has 0 aliphatic heterocycles. The second-order valence-electron chi connectivity index (χ2n) is 3.32. The van der Waals surface area contributed by atoms with Gasteiger partial charge in [0, 0.05) is 11.9 Å². The van der Waals surface area contributed by atoms with Crippen LogP contribution in [-0.4, -0.2) is 29.3 Å². The lowest BCUT2D eigenvalue weighted by Crippen LogP contribution is -2.41. The van der Waals surface area contributed by atoms with Crippen LogP contribution in [-0.2, 0) is 4.79 Å². The highest BCUT2D eigenvalue weighted by atomic mass is 32.2. The fraction of sp³-hybridized carbons (Fsp3) is 0.273. The first kappa shape index (κ1) is 13.4. The summed E-state index contributed by atoms with van der Waals surface area (Å²) < 4.78 is 0. The molecule has 1 aromatic rings. The van der Waals surface area contributed by atoms with E-state index in [4.69, 9.17) is 5.11 Å². The zero-order valence-electron chi connectivity index (χ0n) is 9.56. The number of amides is 3. The summed E-state index contributed by atoms with van der Waals surface area (Å²) in [4.78, 5) is 23.3. The Hall–Kier alpha value is -1.69. The minimum Gasteiger partial charge on any atom is -0.508 e. The monoisotopic (exact) mass is 254 g/mol. The van der Waals surface area contributed by atoms with Gasteiger partial charge in [-0.05, 0) is 31.2 Å². The smallest absolute Gasteiger partial charge is 0.321 e. The maximum atomic E-state index is 11.5. The van der Waals surface area contributed by atoms with Crippen molar-refractivity contribution in [2.75, 3.05) is 7.05 Å². The lowest BCUT2D eigenvalue weighted by atomic mass is 10.3. The van der Waals surface area contributed by atoms with Gasteiger partial charge < -0.3 is 10.4 Å². The molecule has 0 aliphatic carbocycles. The predicted molar refractivity (Wildman–Crippen MR) is 66.0 cm³/mol. The largest absolute Gasteiger partial charge is 0.508 e. The Labute approximate surface area is 104 Å². The number of carbonyl (C=O) groups is 2. The molecule has 0 aromatic heterocycles. The second-order valence-corrected chi connectivity index (χ2v) is 4.74. The molecular weight excluding hydrogens is 240 g/mol. The molecule has 1 rings (SSSR count). The van der Waals surface area contributed by atoms with Crippen molar-refractivity contribution in [1.29, 1.82) is 0 Å². The molecule has 92 valence electrons. The molecule has 3 N–H and O–H groups in total. The summed E-state index contributed by atoms with van der Waals surface area (Å²) in [7, 11) is 1.44. The number of urea groups is 1. The number of phenolic OH excluding ortho intramolecular Hbond substituents is 1. The van der Waals surface area contributed by atoms with Crippen molar-refractivity contribution >= 4 is 23.7 Å². The summed E-state index contributed by atoms with van der Waals surface area (Å²) in [6.07, 6.45) is 0. The number of benzene rings is 1. The molecule has 17 heavy (non-hydrogen) atoms. The number of hydrogen-bond acceptors (Lipinski definition) is 4. The van der Waals surface area contributed by atoms with Crippen LogP contribution in [0.25, 0.3) is 0 Å². The maximum absolute atomic E-state index is 11.5. The summed E-state index contributed by atoms with van der Waals surface area (Å²) >= 11 is 1.31. The highest BCUT2D eigenvalue weighted by Gasteiger charge is 2.16. The molecular formula is C11H14N2O3S. The highest BCUT2D eigenvalue weighted by Crippen LogP contribution is 2.24. The molecule has 0 unspecified atom stereocenters. The van der Waals surface area contributed by atoms with Crippen molar-refractivity contribution in [1.82, 2.24) is 10.6 Å². The van der Waals surface area contributed by atoms with Gasteiger partial charge in [0.15, 0.2) is 0 Å². The molecule has 6 heteroatoms. The number of imide groups is 1. The molecule has 3 amide bonds. The molecule has 5 nitrogen and oxygen atoms in total. The summed E-state index contributed by atoms with van der Waals surface area (Å²) in [6.45, 7) is 1.70. The first-order valence-corrected chi connectivity index (χ1v) is 5.89. The van der Waals surface area contributed by atoms with E-state index in [0.29, 0.717) is 0 Å². The molecule has 0 saturated carbocycles. The van der Waals surface area contributed by atoms with Crippen LogP contribution >= 0.6 is 11.8 Å². The SMILES string of the molecule is CNC(=O)NC(=O)[C@@H](C)Sc1ccc(O)cc1. The van der Waals surface area contributed by atoms with E-state index in [1.807, 2.05) is 0 Å². The van der Waals surface area contributed by atoms with Crippen LogP contribution < -0.4 is 10.6 Å². The van der Waals surface area contributed by atoms with Gasteiger partial charge in [-0.1, -0.05) is 0 Å². The van der Waals surface area contributed by atoms with Gasteiger partial charge in [-0.15, -0.1) is 11.8 Å². The van der Waals surface area contributed by atoms with Gasteiger partial charge in [0.1, 0.15) is 5.75 Å². The Balaban J connectivity index is 2.54. The summed E-state index contributed by atoms with van der Waals surface area (Å²) in [6, 6.07) is 6.00. The van der Waals surface area contributed by atoms with Gasteiger partial charge >= 0.3 is 6.03 Å². The molecule has 1 aromatic carbocycles. The standard InChI is InChI=1S/C11H14N2O3S/c1-7(10(15)13-11(16)12-2)17-9-5-3-8(14)4-6-9/h3-7,14H,1-2H3,(H2,12,13,15,16)/t7-/m1/s1. The van der Waals surface area contributed by atoms with E-state index in [1.165, 1.54) is 18.8 Å². The van der Waals surface area contributed by atoms with Gasteiger partial charge in [0.05, 0.1) is 5.25 Å². The quantitative estimate of drug-likeness (QED) is 0.711. The van der Waals surface area contributed by atoms with Gasteiger partial charge in [0.25, 0.3) is 0 Å². The van der Waals surface area contributed by atoms with Gasteiger partial charge in [0.2, 0.25) is 5.91 Å². The number of aromatic hydroxyl groups is 1. The van der Waals surface area contributed by atoms with Crippen LogP contribution in [0, 0.1) is 0 Å². The Morgan fingerprint density at radius 2 is 1.88 bits per heavy atom. The topological polar surface area (TPSA) is 78.4 Å². The summed E-state index contributed by atoms with van der Waals surface area (Å²) in [5.41, 5.74) is 0. The van der Waals surface area contributed by atoms with Crippen molar-refractivity contribution in [2.24, 2.45) is 0 Å². The third-order valence-corrected chi connectivity index (χ3v) is 3.09. The molecule has 0 bridgehead atoms. The highest BCUT2D eigenvalue weighted by molar-refractivity contribution is 8.00. The lowest BCUT2D eigenvalue weighted by Gasteiger charge is -2.10. The van der Waals surface area contributed by atoms with Crippen molar-refractivity contribution in [3.05, 3.63) is 24.3 Å². The number of nitrogens with one attached hydrogen (secondary N) is 2. The fourth-order valence-corrected chi connectivity index (χ4v) is 1.93. The molecule has 0 saturated heterocycles. The summed E-state index contributed by atoms with van der Waals surface area (Å²) in [5, 5.41) is 13.2. The number of thioether (sulfide) groups is 1. The van der Waals surface area contributed by atoms with E-state index in [9.17, 15) is 9.59 Å². The van der Waals surface area contributed by atoms with Crippen LogP contribution in [0.1, 0.15) is 6.92 Å². The van der Waals surface area contributed by atoms with Gasteiger partial charge in [-0.2, -0.15) is 0 Å². The van der Waals surface area contributed by atoms with Crippen molar-refractivity contribution < 1.29 is 14.7 Å². The maximum Gasteiger partial charge on any atom is 0.321 e. The molecule has 0 spiro atoms. The first-order chi connectivity index (χ1) is 8.02. The first-order valence-electron chi connectivity index (χ1n) is 5.01. The minimum absolute atomic E-state index is 0.178. The average molecular weight is 254 g/mol. The molecule has 0 heterocycles. The average Bonchev–Trinajstić information content (AvgIpc) is 2.31. The molecule has 0 radical (unpaired) electrons. The molecule has 0 aliphatic rings. The Bertz CT molecular complexity index is 406. The number of carbonyl (C=O) groups excluding carboxylic acids is 2. The Kier molecular flexibility index (Phi) is 4.84. The van der Waals surface area contributed by atoms with E-state index >= 15 is 0 Å². The number of phenols is 1. The van der Waals surface area contributed by atoms with Crippen molar-refractivity contribution in [2.45, 2.75) is 17.1 Å². The van der Waals surface area contributed by atoms with Crippen molar-refractivity contribution in [3.63, 3.8) is 0 Å². The third-order valence-electron chi connectivity index (χ3n) is 1.98. The van der Waals surface area contributed by atoms with Crippen LogP contribution in [0.4, 0.5) is 4.79 Å². The predicted octanol–water partition coefficient (Wildman–Crippen LogP) is 1.33. The Morgan fingerprint density at radius 3 is 2.41 bits per heavy atom. The van der Waals surface area contributed by atoms with E-state index in [0.717, 1.165) is 4.90 Å². The van der Waals surface area contributed by atoms with Crippen LogP contribution in [0.2, 0.25) is 0 Å². The second kappa shape index (κ2) is 6.15. The van der Waals surface area contributed by atoms with Gasteiger partial charge in [-0.25, -0.2) is 4.79 Å². The summed E-state index contributed by atoms with van der Waals surface area (Å²) in [5.74, 6) is -0.181. The fourth-order valence-electron chi connectivity index (χ4n) is 1.06. The zero-order valence-corrected chi connectivity index (χ0v) is 10.4. The van der Waals surface area contributed by atoms with E-state index in [-0.39, 0.29) is 11.7 Å². The molecule has 0 fully saturated rings. The van der Waals surface area contributed by atoms with Crippen LogP contribution in [0.5, 0.6) is 5.75 Å². The van der Waals surface area contributed by atoms with E-state index in [1.54, 1.807) is 31.2 Å². The number of rotatable bonds is 3.